The summed E-state index contributed by atoms with van der Waals surface area (Å²) < 4.78 is 7.72. The minimum absolute atomic E-state index is 0. The van der Waals surface area contributed by atoms with E-state index in [1.165, 1.54) is 0 Å². The molecular formula is IKNW. The first-order chi connectivity index (χ1) is 1.41. The Hall–Kier alpha value is 2.85. The third-order valence-electron chi connectivity index (χ3n) is 0. The van der Waals surface area contributed by atoms with Gasteiger partial charge in [0.1, 0.15) is 0 Å². The molecule has 0 spiro atoms. The molecule has 0 radical (unpaired) electrons. The SMILES string of the molecule is [K+].[N-]=[W][I]. The van der Waals surface area contributed by atoms with Gasteiger partial charge in [0.2, 0.25) is 0 Å². The van der Waals surface area contributed by atoms with Crippen LogP contribution >= 0.6 is 19.4 Å². The third-order valence-corrected chi connectivity index (χ3v) is 0. The van der Waals surface area contributed by atoms with Gasteiger partial charge in [0.25, 0.3) is 0 Å². The molecule has 0 fully saturated rings. The van der Waals surface area contributed by atoms with E-state index in [0.717, 1.165) is 0 Å². The van der Waals surface area contributed by atoms with Crippen molar-refractivity contribution < 1.29 is 66.1 Å². The Bertz CT molecular complexity index is 15.5. The molecule has 0 amide bonds. The van der Waals surface area contributed by atoms with Gasteiger partial charge >= 0.3 is 89.3 Å². The average molecular weight is 364 g/mol. The fraction of sp³-hybridized carbons (Fsp3) is 0. The molecule has 0 N–H and O–H groups in total. The Morgan fingerprint density at radius 2 is 1.75 bits per heavy atom. The van der Waals surface area contributed by atoms with E-state index in [2.05, 4.69) is 0 Å². The molecule has 0 atom stereocenters. The van der Waals surface area contributed by atoms with Gasteiger partial charge in [0, 0.05) is 0 Å². The van der Waals surface area contributed by atoms with Crippen molar-refractivity contribution in [2.24, 2.45) is 0 Å². The van der Waals surface area contributed by atoms with Crippen LogP contribution in [0.25, 0.3) is 3.91 Å². The van der Waals surface area contributed by atoms with Gasteiger partial charge < -0.3 is 0 Å². The summed E-state index contributed by atoms with van der Waals surface area (Å²) in [5, 5.41) is 0. The van der Waals surface area contributed by atoms with Gasteiger partial charge in [-0.1, -0.05) is 0 Å². The first-order valence-corrected chi connectivity index (χ1v) is 9.97. The molecule has 0 aliphatic rings. The number of halogens is 1. The van der Waals surface area contributed by atoms with Crippen molar-refractivity contribution in [2.75, 3.05) is 0 Å². The second-order valence-electron chi connectivity index (χ2n) is 0.0690. The van der Waals surface area contributed by atoms with Crippen LogP contribution in [-0.2, 0) is 14.7 Å². The summed E-state index contributed by atoms with van der Waals surface area (Å²) in [6.45, 7) is 0. The monoisotopic (exact) mass is 364 g/mol. The molecule has 0 rings (SSSR count). The van der Waals surface area contributed by atoms with Crippen LogP contribution in [0.2, 0.25) is 0 Å². The van der Waals surface area contributed by atoms with E-state index in [1.54, 1.807) is 0 Å². The number of hydrogen-bond acceptors (Lipinski definition) is 0. The summed E-state index contributed by atoms with van der Waals surface area (Å²) in [6.07, 6.45) is 0. The predicted octanol–water partition coefficient (Wildman–Crippen LogP) is -1.82. The normalized spacial score (nSPS) is 3.25. The van der Waals surface area contributed by atoms with Gasteiger partial charge in [-0.15, -0.1) is 0 Å². The Morgan fingerprint density at radius 1 is 1.75 bits per heavy atom. The molecule has 0 bridgehead atoms. The van der Waals surface area contributed by atoms with E-state index >= 15 is 0 Å². The number of nitrogens with zero attached hydrogens (tertiary/aromatic N) is 1. The van der Waals surface area contributed by atoms with E-state index in [1.807, 2.05) is 19.4 Å². The molecule has 4 heteroatoms. The fourth-order valence-electron chi connectivity index (χ4n) is 0. The molecule has 0 aromatic carbocycles. The topological polar surface area (TPSA) is 22.3 Å². The zero-order valence-electron chi connectivity index (χ0n) is 2.23. The van der Waals surface area contributed by atoms with Crippen molar-refractivity contribution in [3.8, 4) is 0 Å². The van der Waals surface area contributed by atoms with Gasteiger partial charge in [-0.2, -0.15) is 0 Å². The van der Waals surface area contributed by atoms with Crippen molar-refractivity contribution in [1.29, 1.82) is 0 Å². The number of hydrogen-bond donors (Lipinski definition) is 0. The quantitative estimate of drug-likeness (QED) is 0.357. The minimum atomic E-state index is -0.780. The first kappa shape index (κ1) is 9.97. The van der Waals surface area contributed by atoms with Gasteiger partial charge in [-0.3, -0.25) is 0 Å². The van der Waals surface area contributed by atoms with Crippen LogP contribution < -0.4 is 51.4 Å². The average Bonchev–Trinajstić information content (AvgIpc) is 0.918. The molecule has 0 aromatic heterocycles. The van der Waals surface area contributed by atoms with Gasteiger partial charge in [0.15, 0.2) is 0 Å². The molecule has 0 unspecified atom stereocenters. The molecule has 1 nitrogen and oxygen atoms in total. The van der Waals surface area contributed by atoms with E-state index in [-0.39, 0.29) is 51.4 Å². The molecule has 0 aliphatic heterocycles. The van der Waals surface area contributed by atoms with Gasteiger partial charge in [-0.05, 0) is 0 Å². The molecule has 0 saturated carbocycles. The zero-order chi connectivity index (χ0) is 2.71. The Morgan fingerprint density at radius 3 is 1.75 bits per heavy atom. The van der Waals surface area contributed by atoms with E-state index < -0.39 is 14.7 Å². The van der Waals surface area contributed by atoms with Crippen LogP contribution in [0, 0.1) is 0 Å². The zero-order valence-corrected chi connectivity index (χ0v) is 10.4. The summed E-state index contributed by atoms with van der Waals surface area (Å²) >= 11 is 1.23. The van der Waals surface area contributed by atoms with Gasteiger partial charge in [-0.25, -0.2) is 0 Å². The van der Waals surface area contributed by atoms with Crippen molar-refractivity contribution >= 4 is 19.4 Å². The number of rotatable bonds is 0. The van der Waals surface area contributed by atoms with Crippen LogP contribution in [0.4, 0.5) is 0 Å². The van der Waals surface area contributed by atoms with E-state index in [0.29, 0.717) is 0 Å². The summed E-state index contributed by atoms with van der Waals surface area (Å²) in [5.41, 5.74) is 0. The summed E-state index contributed by atoms with van der Waals surface area (Å²) in [5.74, 6) is 0. The maximum atomic E-state index is 7.72. The Balaban J connectivity index is 0. The van der Waals surface area contributed by atoms with Crippen LogP contribution in [-0.4, -0.2) is 0 Å². The van der Waals surface area contributed by atoms with Crippen LogP contribution in [0.15, 0.2) is 0 Å². The molecule has 0 aliphatic carbocycles. The van der Waals surface area contributed by atoms with E-state index in [4.69, 9.17) is 3.91 Å². The first-order valence-electron chi connectivity index (χ1n) is 0.337. The van der Waals surface area contributed by atoms with Crippen molar-refractivity contribution in [2.45, 2.75) is 0 Å². The van der Waals surface area contributed by atoms with Crippen LogP contribution in [0.3, 0.4) is 0 Å². The summed E-state index contributed by atoms with van der Waals surface area (Å²) in [6, 6.07) is 0. The van der Waals surface area contributed by atoms with Crippen LogP contribution in [0.5, 0.6) is 0 Å². The Kier molecular flexibility index (Phi) is 23.1. The van der Waals surface area contributed by atoms with Crippen molar-refractivity contribution in [3.63, 3.8) is 0 Å². The molecule has 0 aromatic rings. The Labute approximate surface area is 86.7 Å². The van der Waals surface area contributed by atoms with Gasteiger partial charge in [0.05, 0.1) is 0 Å². The van der Waals surface area contributed by atoms with Crippen molar-refractivity contribution in [1.82, 2.24) is 0 Å². The maximum absolute atomic E-state index is 7.72. The molecule has 19 valence electrons. The molecular weight excluding hydrogens is 364 g/mol. The molecule has 0 heterocycles. The third kappa shape index (κ3) is 8.85. The standard InChI is InChI=1S/HI.K.N.W/h1H;;;/q;+1;-1;+1/p-1. The summed E-state index contributed by atoms with van der Waals surface area (Å²) in [4.78, 5) is 0. The van der Waals surface area contributed by atoms with Crippen molar-refractivity contribution in [3.05, 3.63) is 3.91 Å². The molecule has 0 saturated heterocycles. The second-order valence-corrected chi connectivity index (χ2v) is 3.79. The summed E-state index contributed by atoms with van der Waals surface area (Å²) in [7, 11) is 0. The second kappa shape index (κ2) is 9.29. The van der Waals surface area contributed by atoms with Crippen LogP contribution in [0.1, 0.15) is 0 Å². The van der Waals surface area contributed by atoms with E-state index in [9.17, 15) is 0 Å². The predicted molar refractivity (Wildman–Crippen MR) is 17.4 cm³/mol. The fourth-order valence-corrected chi connectivity index (χ4v) is 0. The molecule has 4 heavy (non-hydrogen) atoms.